The second-order valence-electron chi connectivity index (χ2n) is 6.17. The molecule has 18 heavy (non-hydrogen) atoms. The fraction of sp³-hybridized carbons (Fsp3) is 0.625. The van der Waals surface area contributed by atoms with Crippen molar-refractivity contribution in [1.29, 1.82) is 0 Å². The molecule has 3 atom stereocenters. The van der Waals surface area contributed by atoms with Crippen molar-refractivity contribution in [2.45, 2.75) is 38.6 Å². The van der Waals surface area contributed by atoms with Crippen molar-refractivity contribution in [3.8, 4) is 0 Å². The SMILES string of the molecule is CC1CCC(N)C(CN2CCc3ccccc32)C1. The number of anilines is 1. The second kappa shape index (κ2) is 4.93. The molecule has 2 heteroatoms. The van der Waals surface area contributed by atoms with Gasteiger partial charge < -0.3 is 10.6 Å². The van der Waals surface area contributed by atoms with E-state index in [2.05, 4.69) is 36.1 Å². The quantitative estimate of drug-likeness (QED) is 0.867. The fourth-order valence-electron chi connectivity index (χ4n) is 3.61. The second-order valence-corrected chi connectivity index (χ2v) is 6.17. The molecule has 3 rings (SSSR count). The Labute approximate surface area is 110 Å². The number of hydrogen-bond donors (Lipinski definition) is 1. The van der Waals surface area contributed by atoms with Crippen LogP contribution >= 0.6 is 0 Å². The number of fused-ring (bicyclic) bond motifs is 1. The van der Waals surface area contributed by atoms with E-state index in [-0.39, 0.29) is 0 Å². The molecule has 2 aliphatic rings. The molecule has 2 nitrogen and oxygen atoms in total. The molecule has 1 aliphatic heterocycles. The van der Waals surface area contributed by atoms with Crippen LogP contribution in [0.3, 0.4) is 0 Å². The molecule has 0 spiro atoms. The predicted octanol–water partition coefficient (Wildman–Crippen LogP) is 2.81. The van der Waals surface area contributed by atoms with Gasteiger partial charge in [0.25, 0.3) is 0 Å². The molecule has 1 aromatic rings. The normalized spacial score (nSPS) is 31.4. The lowest BCUT2D eigenvalue weighted by Crippen LogP contribution is -2.42. The monoisotopic (exact) mass is 244 g/mol. The van der Waals surface area contributed by atoms with Gasteiger partial charge in [-0.25, -0.2) is 0 Å². The molecule has 0 radical (unpaired) electrons. The van der Waals surface area contributed by atoms with E-state index in [1.165, 1.54) is 43.5 Å². The Morgan fingerprint density at radius 3 is 3.00 bits per heavy atom. The van der Waals surface area contributed by atoms with Gasteiger partial charge in [0.2, 0.25) is 0 Å². The Morgan fingerprint density at radius 1 is 1.28 bits per heavy atom. The molecule has 0 aromatic heterocycles. The summed E-state index contributed by atoms with van der Waals surface area (Å²) in [6, 6.07) is 9.24. The van der Waals surface area contributed by atoms with Crippen molar-refractivity contribution in [2.24, 2.45) is 17.6 Å². The molecular formula is C16H24N2. The maximum absolute atomic E-state index is 6.31. The largest absolute Gasteiger partial charge is 0.371 e. The van der Waals surface area contributed by atoms with Gasteiger partial charge in [0.05, 0.1) is 0 Å². The van der Waals surface area contributed by atoms with Crippen molar-refractivity contribution in [2.75, 3.05) is 18.0 Å². The molecule has 1 heterocycles. The van der Waals surface area contributed by atoms with Gasteiger partial charge in [0.1, 0.15) is 0 Å². The van der Waals surface area contributed by atoms with Crippen LogP contribution in [-0.4, -0.2) is 19.1 Å². The first kappa shape index (κ1) is 12.0. The van der Waals surface area contributed by atoms with Crippen molar-refractivity contribution >= 4 is 5.69 Å². The number of para-hydroxylation sites is 1. The molecule has 98 valence electrons. The summed E-state index contributed by atoms with van der Waals surface area (Å²) in [7, 11) is 0. The van der Waals surface area contributed by atoms with E-state index in [1.54, 1.807) is 0 Å². The zero-order valence-corrected chi connectivity index (χ0v) is 11.3. The molecule has 1 fully saturated rings. The highest BCUT2D eigenvalue weighted by molar-refractivity contribution is 5.57. The first-order valence-electron chi connectivity index (χ1n) is 7.32. The Balaban J connectivity index is 1.70. The topological polar surface area (TPSA) is 29.3 Å². The third kappa shape index (κ3) is 2.26. The van der Waals surface area contributed by atoms with Crippen LogP contribution in [0.4, 0.5) is 5.69 Å². The number of nitrogens with zero attached hydrogens (tertiary/aromatic N) is 1. The van der Waals surface area contributed by atoms with E-state index in [1.807, 2.05) is 0 Å². The number of nitrogens with two attached hydrogens (primary N) is 1. The van der Waals surface area contributed by atoms with Crippen molar-refractivity contribution < 1.29 is 0 Å². The Kier molecular flexibility index (Phi) is 3.29. The average molecular weight is 244 g/mol. The molecule has 0 bridgehead atoms. The predicted molar refractivity (Wildman–Crippen MR) is 76.8 cm³/mol. The van der Waals surface area contributed by atoms with E-state index in [0.29, 0.717) is 12.0 Å². The average Bonchev–Trinajstić information content (AvgIpc) is 2.78. The van der Waals surface area contributed by atoms with E-state index in [4.69, 9.17) is 5.73 Å². The number of benzene rings is 1. The summed E-state index contributed by atoms with van der Waals surface area (Å²) in [5.41, 5.74) is 9.27. The van der Waals surface area contributed by atoms with Crippen molar-refractivity contribution in [1.82, 2.24) is 0 Å². The highest BCUT2D eigenvalue weighted by Gasteiger charge is 2.29. The smallest absolute Gasteiger partial charge is 0.0399 e. The van der Waals surface area contributed by atoms with Gasteiger partial charge in [0.15, 0.2) is 0 Å². The van der Waals surface area contributed by atoms with Crippen molar-refractivity contribution in [3.05, 3.63) is 29.8 Å². The van der Waals surface area contributed by atoms with E-state index in [0.717, 1.165) is 12.5 Å². The fourth-order valence-corrected chi connectivity index (χ4v) is 3.61. The van der Waals surface area contributed by atoms with E-state index < -0.39 is 0 Å². The minimum atomic E-state index is 0.411. The number of hydrogen-bond acceptors (Lipinski definition) is 2. The van der Waals surface area contributed by atoms with Crippen LogP contribution in [0.25, 0.3) is 0 Å². The molecule has 1 aliphatic carbocycles. The summed E-state index contributed by atoms with van der Waals surface area (Å²) in [5, 5.41) is 0. The van der Waals surface area contributed by atoms with E-state index in [9.17, 15) is 0 Å². The van der Waals surface area contributed by atoms with Crippen LogP contribution in [0.2, 0.25) is 0 Å². The Hall–Kier alpha value is -1.02. The minimum absolute atomic E-state index is 0.411. The van der Waals surface area contributed by atoms with Crippen LogP contribution < -0.4 is 10.6 Å². The van der Waals surface area contributed by atoms with Gasteiger partial charge in [-0.05, 0) is 49.1 Å². The van der Waals surface area contributed by atoms with Gasteiger partial charge in [-0.3, -0.25) is 0 Å². The lowest BCUT2D eigenvalue weighted by molar-refractivity contribution is 0.249. The maximum Gasteiger partial charge on any atom is 0.0399 e. The first-order chi connectivity index (χ1) is 8.74. The van der Waals surface area contributed by atoms with Gasteiger partial charge in [0, 0.05) is 24.8 Å². The summed E-state index contributed by atoms with van der Waals surface area (Å²) in [6.45, 7) is 4.70. The van der Waals surface area contributed by atoms with Crippen LogP contribution in [0, 0.1) is 11.8 Å². The van der Waals surface area contributed by atoms with Crippen molar-refractivity contribution in [3.63, 3.8) is 0 Å². The molecule has 0 amide bonds. The van der Waals surface area contributed by atoms with Gasteiger partial charge in [-0.2, -0.15) is 0 Å². The van der Waals surface area contributed by atoms with Crippen LogP contribution in [-0.2, 0) is 6.42 Å². The molecule has 3 unspecified atom stereocenters. The first-order valence-corrected chi connectivity index (χ1v) is 7.32. The molecule has 2 N–H and O–H groups in total. The molecule has 0 saturated heterocycles. The summed E-state index contributed by atoms with van der Waals surface area (Å²) in [5.74, 6) is 1.53. The summed E-state index contributed by atoms with van der Waals surface area (Å²) in [6.07, 6.45) is 5.03. The highest BCUT2D eigenvalue weighted by atomic mass is 15.1. The van der Waals surface area contributed by atoms with Crippen LogP contribution in [0.5, 0.6) is 0 Å². The lowest BCUT2D eigenvalue weighted by Gasteiger charge is -2.35. The zero-order valence-electron chi connectivity index (χ0n) is 11.3. The summed E-state index contributed by atoms with van der Waals surface area (Å²) >= 11 is 0. The van der Waals surface area contributed by atoms with Crippen LogP contribution in [0.1, 0.15) is 31.7 Å². The van der Waals surface area contributed by atoms with Gasteiger partial charge >= 0.3 is 0 Å². The third-order valence-electron chi connectivity index (χ3n) is 4.74. The Morgan fingerprint density at radius 2 is 2.11 bits per heavy atom. The van der Waals surface area contributed by atoms with E-state index >= 15 is 0 Å². The lowest BCUT2D eigenvalue weighted by atomic mass is 9.79. The Bertz CT molecular complexity index is 415. The number of rotatable bonds is 2. The van der Waals surface area contributed by atoms with Crippen LogP contribution in [0.15, 0.2) is 24.3 Å². The standard InChI is InChI=1S/C16H24N2/c1-12-6-7-15(17)14(10-12)11-18-9-8-13-4-2-3-5-16(13)18/h2-5,12,14-15H,6-11,17H2,1H3. The summed E-state index contributed by atoms with van der Waals surface area (Å²) in [4.78, 5) is 2.55. The third-order valence-corrected chi connectivity index (χ3v) is 4.74. The highest BCUT2D eigenvalue weighted by Crippen LogP contribution is 2.33. The maximum atomic E-state index is 6.31. The van der Waals surface area contributed by atoms with Gasteiger partial charge in [-0.1, -0.05) is 25.1 Å². The summed E-state index contributed by atoms with van der Waals surface area (Å²) < 4.78 is 0. The zero-order chi connectivity index (χ0) is 12.5. The molecule has 1 aromatic carbocycles. The molecular weight excluding hydrogens is 220 g/mol. The molecule has 1 saturated carbocycles. The minimum Gasteiger partial charge on any atom is -0.371 e. The van der Waals surface area contributed by atoms with Gasteiger partial charge in [-0.15, -0.1) is 0 Å².